The average molecular weight is 310 g/mol. The zero-order valence-electron chi connectivity index (χ0n) is 12.4. The summed E-state index contributed by atoms with van der Waals surface area (Å²) >= 11 is 0. The number of ether oxygens (including phenoxy) is 1. The Balaban J connectivity index is 2.16. The number of aryl methyl sites for hydroxylation is 1. The van der Waals surface area contributed by atoms with Crippen LogP contribution in [-0.2, 0) is 26.4 Å². The Morgan fingerprint density at radius 2 is 1.91 bits per heavy atom. The predicted molar refractivity (Wildman–Crippen MR) is 75.3 cm³/mol. The summed E-state index contributed by atoms with van der Waals surface area (Å²) in [6, 6.07) is 2.35. The number of aromatic nitrogens is 4. The Morgan fingerprint density at radius 3 is 2.50 bits per heavy atom. The highest BCUT2D eigenvalue weighted by Gasteiger charge is 2.14. The molecule has 22 heavy (non-hydrogen) atoms. The summed E-state index contributed by atoms with van der Waals surface area (Å²) in [6.07, 6.45) is 1.96. The molecular weight excluding hydrogens is 291 g/mol. The predicted octanol–water partition coefficient (Wildman–Crippen LogP) is 1.18. The van der Waals surface area contributed by atoms with E-state index in [9.17, 15) is 14.6 Å². The second-order valence-electron chi connectivity index (χ2n) is 4.83. The van der Waals surface area contributed by atoms with Crippen molar-refractivity contribution in [3.8, 4) is 5.75 Å². The molecule has 2 aromatic rings. The molecule has 2 rings (SSSR count). The number of rotatable bonds is 8. The van der Waals surface area contributed by atoms with Gasteiger partial charge in [-0.25, -0.2) is 9.07 Å². The number of benzene rings is 1. The Kier molecular flexibility index (Phi) is 5.79. The molecule has 2 N–H and O–H groups in total. The van der Waals surface area contributed by atoms with Crippen LogP contribution in [0.25, 0.3) is 0 Å². The standard InChI is InChI=1S/C14H19FN4O3/c1-2-3-4-19-13(16-17-18-19)9-22-14-10(7-20)5-12(15)6-11(14)8-21/h5-6,20-21H,2-4,7-9H2,1H3. The van der Waals surface area contributed by atoms with Gasteiger partial charge in [-0.1, -0.05) is 13.3 Å². The molecule has 0 saturated carbocycles. The highest BCUT2D eigenvalue weighted by Crippen LogP contribution is 2.26. The summed E-state index contributed by atoms with van der Waals surface area (Å²) in [6.45, 7) is 2.05. The largest absolute Gasteiger partial charge is 0.485 e. The number of nitrogens with zero attached hydrogens (tertiary/aromatic N) is 4. The van der Waals surface area contributed by atoms with Gasteiger partial charge in [-0.2, -0.15) is 0 Å². The molecular formula is C14H19FN4O3. The van der Waals surface area contributed by atoms with Gasteiger partial charge in [0.2, 0.25) is 0 Å². The van der Waals surface area contributed by atoms with Crippen LogP contribution in [0.4, 0.5) is 4.39 Å². The lowest BCUT2D eigenvalue weighted by Crippen LogP contribution is -2.10. The van der Waals surface area contributed by atoms with Crippen LogP contribution in [-0.4, -0.2) is 30.4 Å². The minimum absolute atomic E-state index is 0.0718. The molecule has 0 aliphatic heterocycles. The molecule has 0 aliphatic carbocycles. The van der Waals surface area contributed by atoms with Crippen LogP contribution in [0.2, 0.25) is 0 Å². The third kappa shape index (κ3) is 3.77. The molecule has 0 saturated heterocycles. The third-order valence-corrected chi connectivity index (χ3v) is 3.22. The van der Waals surface area contributed by atoms with Crippen molar-refractivity contribution in [1.29, 1.82) is 0 Å². The molecule has 0 fully saturated rings. The first-order valence-corrected chi connectivity index (χ1v) is 7.10. The third-order valence-electron chi connectivity index (χ3n) is 3.22. The van der Waals surface area contributed by atoms with Crippen LogP contribution in [0.3, 0.4) is 0 Å². The first kappa shape index (κ1) is 16.3. The number of aliphatic hydroxyl groups excluding tert-OH is 2. The summed E-state index contributed by atoms with van der Waals surface area (Å²) in [5, 5.41) is 30.0. The van der Waals surface area contributed by atoms with Gasteiger partial charge in [-0.15, -0.1) is 5.10 Å². The van der Waals surface area contributed by atoms with Gasteiger partial charge in [0.05, 0.1) is 13.2 Å². The van der Waals surface area contributed by atoms with E-state index >= 15 is 0 Å². The van der Waals surface area contributed by atoms with Crippen LogP contribution in [0, 0.1) is 5.82 Å². The Bertz CT molecular complexity index is 593. The molecule has 1 aromatic heterocycles. The lowest BCUT2D eigenvalue weighted by atomic mass is 10.1. The number of hydrogen-bond donors (Lipinski definition) is 2. The summed E-state index contributed by atoms with van der Waals surface area (Å²) < 4.78 is 20.6. The van der Waals surface area contributed by atoms with Crippen molar-refractivity contribution in [2.24, 2.45) is 0 Å². The number of aliphatic hydroxyl groups is 2. The molecule has 7 nitrogen and oxygen atoms in total. The van der Waals surface area contributed by atoms with E-state index in [1.165, 1.54) is 12.1 Å². The van der Waals surface area contributed by atoms with Gasteiger partial charge in [0.15, 0.2) is 5.82 Å². The molecule has 0 bridgehead atoms. The molecule has 0 spiro atoms. The Hall–Kier alpha value is -2.06. The van der Waals surface area contributed by atoms with E-state index in [-0.39, 0.29) is 36.7 Å². The molecule has 0 amide bonds. The highest BCUT2D eigenvalue weighted by atomic mass is 19.1. The monoisotopic (exact) mass is 310 g/mol. The van der Waals surface area contributed by atoms with Crippen LogP contribution in [0.5, 0.6) is 5.75 Å². The van der Waals surface area contributed by atoms with Crippen molar-refractivity contribution in [2.45, 2.75) is 46.1 Å². The van der Waals surface area contributed by atoms with Crippen molar-refractivity contribution in [3.05, 3.63) is 34.9 Å². The second-order valence-corrected chi connectivity index (χ2v) is 4.83. The number of hydrogen-bond acceptors (Lipinski definition) is 6. The van der Waals surface area contributed by atoms with Crippen molar-refractivity contribution in [3.63, 3.8) is 0 Å². The smallest absolute Gasteiger partial charge is 0.189 e. The SMILES string of the molecule is CCCCn1nnnc1COc1c(CO)cc(F)cc1CO. The van der Waals surface area contributed by atoms with Gasteiger partial charge < -0.3 is 14.9 Å². The molecule has 8 heteroatoms. The van der Waals surface area contributed by atoms with E-state index in [1.54, 1.807) is 4.68 Å². The molecule has 0 aliphatic rings. The van der Waals surface area contributed by atoms with Gasteiger partial charge in [-0.3, -0.25) is 0 Å². The summed E-state index contributed by atoms with van der Waals surface area (Å²) in [5.41, 5.74) is 0.549. The topological polar surface area (TPSA) is 93.3 Å². The first-order chi connectivity index (χ1) is 10.7. The fourth-order valence-electron chi connectivity index (χ4n) is 2.08. The number of unbranched alkanes of at least 4 members (excludes halogenated alkanes) is 1. The normalized spacial score (nSPS) is 10.9. The Labute approximate surface area is 127 Å². The van der Waals surface area contributed by atoms with E-state index in [0.29, 0.717) is 12.4 Å². The van der Waals surface area contributed by atoms with E-state index in [4.69, 9.17) is 4.74 Å². The maximum Gasteiger partial charge on any atom is 0.189 e. The average Bonchev–Trinajstić information content (AvgIpc) is 2.98. The fourth-order valence-corrected chi connectivity index (χ4v) is 2.08. The summed E-state index contributed by atoms with van der Waals surface area (Å²) in [5.74, 6) is 0.259. The lowest BCUT2D eigenvalue weighted by Gasteiger charge is -2.14. The van der Waals surface area contributed by atoms with Crippen molar-refractivity contribution in [2.75, 3.05) is 0 Å². The quantitative estimate of drug-likeness (QED) is 0.760. The van der Waals surface area contributed by atoms with E-state index < -0.39 is 5.82 Å². The van der Waals surface area contributed by atoms with Crippen LogP contribution in [0.15, 0.2) is 12.1 Å². The van der Waals surface area contributed by atoms with Gasteiger partial charge in [-0.05, 0) is 29.0 Å². The number of tetrazole rings is 1. The van der Waals surface area contributed by atoms with Gasteiger partial charge in [0.25, 0.3) is 0 Å². The van der Waals surface area contributed by atoms with Crippen LogP contribution < -0.4 is 4.74 Å². The zero-order valence-corrected chi connectivity index (χ0v) is 12.4. The van der Waals surface area contributed by atoms with Gasteiger partial charge in [0, 0.05) is 17.7 Å². The fraction of sp³-hybridized carbons (Fsp3) is 0.500. The maximum absolute atomic E-state index is 13.4. The lowest BCUT2D eigenvalue weighted by molar-refractivity contribution is 0.235. The summed E-state index contributed by atoms with van der Waals surface area (Å²) in [7, 11) is 0. The first-order valence-electron chi connectivity index (χ1n) is 7.10. The highest BCUT2D eigenvalue weighted by molar-refractivity contribution is 5.41. The van der Waals surface area contributed by atoms with Crippen LogP contribution >= 0.6 is 0 Å². The maximum atomic E-state index is 13.4. The molecule has 1 heterocycles. The van der Waals surface area contributed by atoms with Crippen molar-refractivity contribution < 1.29 is 19.3 Å². The Morgan fingerprint density at radius 1 is 1.23 bits per heavy atom. The summed E-state index contributed by atoms with van der Waals surface area (Å²) in [4.78, 5) is 0. The zero-order chi connectivity index (χ0) is 15.9. The van der Waals surface area contributed by atoms with E-state index in [0.717, 1.165) is 12.8 Å². The molecule has 0 atom stereocenters. The molecule has 120 valence electrons. The number of halogens is 1. The van der Waals surface area contributed by atoms with Crippen molar-refractivity contribution >= 4 is 0 Å². The van der Waals surface area contributed by atoms with Gasteiger partial charge >= 0.3 is 0 Å². The molecule has 0 unspecified atom stereocenters. The molecule has 1 aromatic carbocycles. The van der Waals surface area contributed by atoms with Crippen LogP contribution in [0.1, 0.15) is 36.7 Å². The van der Waals surface area contributed by atoms with Crippen molar-refractivity contribution in [1.82, 2.24) is 20.2 Å². The van der Waals surface area contributed by atoms with E-state index in [1.807, 2.05) is 0 Å². The molecule has 0 radical (unpaired) electrons. The van der Waals surface area contributed by atoms with Gasteiger partial charge in [0.1, 0.15) is 18.2 Å². The minimum atomic E-state index is -0.534. The van der Waals surface area contributed by atoms with E-state index in [2.05, 4.69) is 22.4 Å². The second kappa shape index (κ2) is 7.81. The minimum Gasteiger partial charge on any atom is -0.485 e.